The lowest BCUT2D eigenvalue weighted by Crippen LogP contribution is -2.38. The molecule has 0 bridgehead atoms. The highest BCUT2D eigenvalue weighted by Gasteiger charge is 2.21. The smallest absolute Gasteiger partial charge is 0.236 e. The summed E-state index contributed by atoms with van der Waals surface area (Å²) in [6.45, 7) is 3.22. The Morgan fingerprint density at radius 2 is 1.93 bits per heavy atom. The van der Waals surface area contributed by atoms with Crippen LogP contribution in [0.3, 0.4) is 0 Å². The lowest BCUT2D eigenvalue weighted by atomic mass is 10.2. The molecule has 1 aromatic carbocycles. The van der Waals surface area contributed by atoms with Gasteiger partial charge in [-0.25, -0.2) is 0 Å². The van der Waals surface area contributed by atoms with Gasteiger partial charge in [0.2, 0.25) is 17.8 Å². The zero-order chi connectivity index (χ0) is 19.1. The van der Waals surface area contributed by atoms with E-state index >= 15 is 0 Å². The predicted molar refractivity (Wildman–Crippen MR) is 102 cm³/mol. The zero-order valence-corrected chi connectivity index (χ0v) is 15.7. The van der Waals surface area contributed by atoms with Gasteiger partial charge in [-0.05, 0) is 5.56 Å². The van der Waals surface area contributed by atoms with E-state index < -0.39 is 5.91 Å². The SMILES string of the molecule is NC(=O)CNC(=O)CSc1nnc(N2CCOCC2)n1Cc1ccccc1. The number of primary amides is 1. The quantitative estimate of drug-likeness (QED) is 0.603. The monoisotopic (exact) mass is 390 g/mol. The van der Waals surface area contributed by atoms with Gasteiger partial charge in [-0.1, -0.05) is 42.1 Å². The second kappa shape index (κ2) is 9.38. The molecule has 1 aromatic heterocycles. The van der Waals surface area contributed by atoms with E-state index in [2.05, 4.69) is 20.4 Å². The van der Waals surface area contributed by atoms with E-state index in [0.717, 1.165) is 24.6 Å². The number of ether oxygens (including phenoxy) is 1. The highest BCUT2D eigenvalue weighted by atomic mass is 32.2. The third kappa shape index (κ3) is 5.44. The lowest BCUT2D eigenvalue weighted by molar-refractivity contribution is -0.123. The number of aromatic nitrogens is 3. The number of carbonyl (C=O) groups is 2. The summed E-state index contributed by atoms with van der Waals surface area (Å²) in [5.74, 6) is 0.0435. The molecule has 0 saturated carbocycles. The maximum absolute atomic E-state index is 11.9. The third-order valence-corrected chi connectivity index (χ3v) is 4.93. The number of rotatable bonds is 8. The first-order valence-electron chi connectivity index (χ1n) is 8.61. The Balaban J connectivity index is 1.74. The van der Waals surface area contributed by atoms with Gasteiger partial charge in [0.25, 0.3) is 0 Å². The van der Waals surface area contributed by atoms with Crippen molar-refractivity contribution < 1.29 is 14.3 Å². The summed E-state index contributed by atoms with van der Waals surface area (Å²) in [7, 11) is 0. The van der Waals surface area contributed by atoms with Gasteiger partial charge in [-0.2, -0.15) is 0 Å². The number of benzene rings is 1. The fourth-order valence-corrected chi connectivity index (χ4v) is 3.42. The second-order valence-electron chi connectivity index (χ2n) is 5.99. The summed E-state index contributed by atoms with van der Waals surface area (Å²) >= 11 is 1.28. The minimum atomic E-state index is -0.574. The largest absolute Gasteiger partial charge is 0.378 e. The van der Waals surface area contributed by atoms with E-state index in [1.807, 2.05) is 34.9 Å². The van der Waals surface area contributed by atoms with Gasteiger partial charge in [0, 0.05) is 13.1 Å². The van der Waals surface area contributed by atoms with Crippen LogP contribution in [-0.2, 0) is 20.9 Å². The van der Waals surface area contributed by atoms with Crippen molar-refractivity contribution in [3.63, 3.8) is 0 Å². The van der Waals surface area contributed by atoms with E-state index in [1.165, 1.54) is 11.8 Å². The highest BCUT2D eigenvalue weighted by molar-refractivity contribution is 7.99. The topological polar surface area (TPSA) is 115 Å². The number of morpholine rings is 1. The lowest BCUT2D eigenvalue weighted by Gasteiger charge is -2.28. The molecule has 0 unspecified atom stereocenters. The number of nitrogens with two attached hydrogens (primary N) is 1. The summed E-state index contributed by atoms with van der Waals surface area (Å²) in [5.41, 5.74) is 6.16. The van der Waals surface area contributed by atoms with Crippen LogP contribution >= 0.6 is 11.8 Å². The Labute approximate surface area is 161 Å². The van der Waals surface area contributed by atoms with Crippen molar-refractivity contribution in [3.8, 4) is 0 Å². The molecular formula is C17H22N6O3S. The number of carbonyl (C=O) groups excluding carboxylic acids is 2. The maximum atomic E-state index is 11.9. The standard InChI is InChI=1S/C17H22N6O3S/c18-14(24)10-19-15(25)12-27-17-21-20-16(22-6-8-26-9-7-22)23(17)11-13-4-2-1-3-5-13/h1-5H,6-12H2,(H2,18,24)(H,19,25). The molecule has 0 radical (unpaired) electrons. The average molecular weight is 390 g/mol. The minimum Gasteiger partial charge on any atom is -0.378 e. The Morgan fingerprint density at radius 1 is 1.19 bits per heavy atom. The van der Waals surface area contributed by atoms with Crippen LogP contribution < -0.4 is 16.0 Å². The molecule has 3 rings (SSSR count). The van der Waals surface area contributed by atoms with Crippen LogP contribution in [0.2, 0.25) is 0 Å². The Hall–Kier alpha value is -2.59. The van der Waals surface area contributed by atoms with Crippen molar-refractivity contribution >= 4 is 29.5 Å². The zero-order valence-electron chi connectivity index (χ0n) is 14.8. The fraction of sp³-hybridized carbons (Fsp3) is 0.412. The molecule has 1 aliphatic rings. The number of anilines is 1. The van der Waals surface area contributed by atoms with E-state index in [-0.39, 0.29) is 18.2 Å². The normalized spacial score (nSPS) is 14.1. The van der Waals surface area contributed by atoms with Crippen LogP contribution in [0.5, 0.6) is 0 Å². The van der Waals surface area contributed by atoms with Crippen molar-refractivity contribution in [2.45, 2.75) is 11.7 Å². The number of nitrogens with one attached hydrogen (secondary N) is 1. The van der Waals surface area contributed by atoms with Crippen molar-refractivity contribution in [2.24, 2.45) is 5.73 Å². The molecule has 0 aliphatic carbocycles. The van der Waals surface area contributed by atoms with Crippen LogP contribution in [0, 0.1) is 0 Å². The molecular weight excluding hydrogens is 368 g/mol. The van der Waals surface area contributed by atoms with Crippen LogP contribution in [0.4, 0.5) is 5.95 Å². The second-order valence-corrected chi connectivity index (χ2v) is 6.93. The van der Waals surface area contributed by atoms with Gasteiger partial charge in [-0.15, -0.1) is 10.2 Å². The van der Waals surface area contributed by atoms with Gasteiger partial charge in [0.1, 0.15) is 0 Å². The van der Waals surface area contributed by atoms with Gasteiger partial charge in [0.05, 0.1) is 32.1 Å². The summed E-state index contributed by atoms with van der Waals surface area (Å²) in [4.78, 5) is 24.8. The molecule has 2 aromatic rings. The average Bonchev–Trinajstić information content (AvgIpc) is 3.08. The van der Waals surface area contributed by atoms with Crippen LogP contribution in [0.15, 0.2) is 35.5 Å². The van der Waals surface area contributed by atoms with Gasteiger partial charge in [0.15, 0.2) is 5.16 Å². The van der Waals surface area contributed by atoms with Crippen molar-refractivity contribution in [2.75, 3.05) is 43.5 Å². The fourth-order valence-electron chi connectivity index (χ4n) is 2.66. The molecule has 144 valence electrons. The summed E-state index contributed by atoms with van der Waals surface area (Å²) in [5, 5.41) is 11.7. The van der Waals surface area contributed by atoms with Gasteiger partial charge >= 0.3 is 0 Å². The molecule has 3 N–H and O–H groups in total. The summed E-state index contributed by atoms with van der Waals surface area (Å²) in [6.07, 6.45) is 0. The molecule has 2 amide bonds. The molecule has 9 nitrogen and oxygen atoms in total. The molecule has 1 saturated heterocycles. The third-order valence-electron chi connectivity index (χ3n) is 3.97. The Bertz CT molecular complexity index is 776. The van der Waals surface area contributed by atoms with E-state index in [4.69, 9.17) is 10.5 Å². The summed E-state index contributed by atoms with van der Waals surface area (Å²) < 4.78 is 7.42. The molecule has 10 heteroatoms. The first-order valence-corrected chi connectivity index (χ1v) is 9.59. The van der Waals surface area contributed by atoms with Crippen molar-refractivity contribution in [1.29, 1.82) is 0 Å². The molecule has 0 spiro atoms. The number of nitrogens with zero attached hydrogens (tertiary/aromatic N) is 4. The predicted octanol–water partition coefficient (Wildman–Crippen LogP) is -0.143. The molecule has 1 aliphatic heterocycles. The molecule has 27 heavy (non-hydrogen) atoms. The number of thioether (sulfide) groups is 1. The number of amides is 2. The summed E-state index contributed by atoms with van der Waals surface area (Å²) in [6, 6.07) is 10.0. The Morgan fingerprint density at radius 3 is 2.63 bits per heavy atom. The van der Waals surface area contributed by atoms with Crippen molar-refractivity contribution in [3.05, 3.63) is 35.9 Å². The molecule has 2 heterocycles. The number of hydrogen-bond donors (Lipinski definition) is 2. The first kappa shape index (κ1) is 19.2. The Kier molecular flexibility index (Phi) is 6.66. The van der Waals surface area contributed by atoms with E-state index in [1.54, 1.807) is 0 Å². The van der Waals surface area contributed by atoms with Gasteiger partial charge < -0.3 is 20.7 Å². The van der Waals surface area contributed by atoms with Crippen LogP contribution in [0.1, 0.15) is 5.56 Å². The van der Waals surface area contributed by atoms with E-state index in [9.17, 15) is 9.59 Å². The first-order chi connectivity index (χ1) is 13.1. The molecule has 1 fully saturated rings. The number of hydrogen-bond acceptors (Lipinski definition) is 7. The van der Waals surface area contributed by atoms with E-state index in [0.29, 0.717) is 24.9 Å². The van der Waals surface area contributed by atoms with Crippen molar-refractivity contribution in [1.82, 2.24) is 20.1 Å². The van der Waals surface area contributed by atoms with Crippen LogP contribution in [0.25, 0.3) is 0 Å². The van der Waals surface area contributed by atoms with Gasteiger partial charge in [-0.3, -0.25) is 14.2 Å². The highest BCUT2D eigenvalue weighted by Crippen LogP contribution is 2.24. The molecule has 0 atom stereocenters. The van der Waals surface area contributed by atoms with Crippen LogP contribution in [-0.4, -0.2) is 65.2 Å². The maximum Gasteiger partial charge on any atom is 0.236 e. The minimum absolute atomic E-state index is 0.128.